The topological polar surface area (TPSA) is 85.6 Å². The van der Waals surface area contributed by atoms with E-state index in [1.54, 1.807) is 36.7 Å². The number of ether oxygens (including phenoxy) is 2. The predicted octanol–water partition coefficient (Wildman–Crippen LogP) is 3.12. The van der Waals surface area contributed by atoms with Gasteiger partial charge in [0.25, 0.3) is 5.91 Å². The molecule has 1 aliphatic heterocycles. The zero-order chi connectivity index (χ0) is 17.8. The number of furan rings is 1. The molecule has 26 heavy (non-hydrogen) atoms. The van der Waals surface area contributed by atoms with Crippen molar-refractivity contribution in [2.45, 2.75) is 6.54 Å². The summed E-state index contributed by atoms with van der Waals surface area (Å²) in [5.41, 5.74) is 1.90. The van der Waals surface area contributed by atoms with E-state index in [2.05, 4.69) is 15.6 Å². The van der Waals surface area contributed by atoms with Crippen LogP contribution >= 0.6 is 0 Å². The lowest BCUT2D eigenvalue weighted by Gasteiger charge is -2.19. The van der Waals surface area contributed by atoms with Gasteiger partial charge >= 0.3 is 0 Å². The van der Waals surface area contributed by atoms with Crippen LogP contribution in [-0.2, 0) is 6.54 Å². The maximum atomic E-state index is 12.3. The van der Waals surface area contributed by atoms with Gasteiger partial charge in [0.2, 0.25) is 0 Å². The van der Waals surface area contributed by atoms with Crippen LogP contribution in [0.2, 0.25) is 0 Å². The molecule has 7 nitrogen and oxygen atoms in total. The Bertz CT molecular complexity index is 909. The van der Waals surface area contributed by atoms with E-state index < -0.39 is 0 Å². The number of pyridine rings is 1. The van der Waals surface area contributed by atoms with E-state index in [0.29, 0.717) is 37.0 Å². The Balaban J connectivity index is 1.44. The van der Waals surface area contributed by atoms with Crippen LogP contribution in [0.5, 0.6) is 11.5 Å². The van der Waals surface area contributed by atoms with Crippen LogP contribution in [0.15, 0.2) is 59.3 Å². The van der Waals surface area contributed by atoms with Crippen LogP contribution in [0, 0.1) is 0 Å². The van der Waals surface area contributed by atoms with Gasteiger partial charge in [-0.1, -0.05) is 0 Å². The van der Waals surface area contributed by atoms with Gasteiger partial charge in [-0.25, -0.2) is 0 Å². The van der Waals surface area contributed by atoms with Crippen molar-refractivity contribution in [1.82, 2.24) is 10.3 Å². The fraction of sp³-hybridized carbons (Fsp3) is 0.158. The molecule has 0 radical (unpaired) electrons. The molecule has 2 N–H and O–H groups in total. The van der Waals surface area contributed by atoms with Gasteiger partial charge in [0.05, 0.1) is 12.8 Å². The molecule has 7 heteroatoms. The van der Waals surface area contributed by atoms with E-state index in [1.807, 2.05) is 18.2 Å². The maximum Gasteiger partial charge on any atom is 0.270 e. The first-order valence-corrected chi connectivity index (χ1v) is 8.21. The lowest BCUT2D eigenvalue weighted by molar-refractivity contribution is 0.0943. The van der Waals surface area contributed by atoms with Crippen molar-refractivity contribution in [2.24, 2.45) is 0 Å². The van der Waals surface area contributed by atoms with Crippen molar-refractivity contribution < 1.29 is 18.7 Å². The second-order valence-electron chi connectivity index (χ2n) is 5.68. The largest absolute Gasteiger partial charge is 0.486 e. The van der Waals surface area contributed by atoms with Crippen molar-refractivity contribution in [2.75, 3.05) is 18.5 Å². The number of fused-ring (bicyclic) bond motifs is 1. The van der Waals surface area contributed by atoms with Crippen LogP contribution in [0.25, 0.3) is 0 Å². The van der Waals surface area contributed by atoms with Crippen LogP contribution in [0.4, 0.5) is 11.4 Å². The van der Waals surface area contributed by atoms with Crippen molar-refractivity contribution in [3.8, 4) is 11.5 Å². The molecule has 0 aliphatic carbocycles. The van der Waals surface area contributed by atoms with E-state index in [-0.39, 0.29) is 5.91 Å². The third kappa shape index (κ3) is 3.61. The Kier molecular flexibility index (Phi) is 4.42. The molecule has 0 atom stereocenters. The third-order valence-corrected chi connectivity index (χ3v) is 3.83. The van der Waals surface area contributed by atoms with E-state index in [4.69, 9.17) is 13.9 Å². The van der Waals surface area contributed by atoms with Crippen molar-refractivity contribution in [3.05, 3.63) is 66.4 Å². The second kappa shape index (κ2) is 7.18. The van der Waals surface area contributed by atoms with E-state index in [0.717, 1.165) is 17.1 Å². The SMILES string of the molecule is O=C(NCc1ccco1)c1cc(Nc2ccc3c(c2)OCCO3)ccn1. The molecule has 3 heterocycles. The Morgan fingerprint density at radius 2 is 1.88 bits per heavy atom. The Labute approximate surface area is 150 Å². The summed E-state index contributed by atoms with van der Waals surface area (Å²) >= 11 is 0. The number of benzene rings is 1. The molecule has 0 bridgehead atoms. The number of aromatic nitrogens is 1. The highest BCUT2D eigenvalue weighted by Crippen LogP contribution is 2.33. The third-order valence-electron chi connectivity index (χ3n) is 3.83. The predicted molar refractivity (Wildman–Crippen MR) is 94.8 cm³/mol. The first kappa shape index (κ1) is 16.0. The molecule has 1 aromatic carbocycles. The number of hydrogen-bond donors (Lipinski definition) is 2. The molecule has 0 spiro atoms. The van der Waals surface area contributed by atoms with Crippen molar-refractivity contribution in [3.63, 3.8) is 0 Å². The fourth-order valence-corrected chi connectivity index (χ4v) is 2.59. The molecule has 1 amide bonds. The van der Waals surface area contributed by atoms with E-state index in [9.17, 15) is 4.79 Å². The highest BCUT2D eigenvalue weighted by atomic mass is 16.6. The highest BCUT2D eigenvalue weighted by molar-refractivity contribution is 5.93. The summed E-state index contributed by atoms with van der Waals surface area (Å²) in [6.45, 7) is 1.40. The molecule has 1 aliphatic rings. The van der Waals surface area contributed by atoms with Crippen LogP contribution in [-0.4, -0.2) is 24.1 Å². The normalized spacial score (nSPS) is 12.5. The first-order valence-electron chi connectivity index (χ1n) is 8.21. The molecule has 132 valence electrons. The minimum absolute atomic E-state index is 0.271. The molecule has 0 saturated carbocycles. The Morgan fingerprint density at radius 3 is 2.73 bits per heavy atom. The molecule has 0 unspecified atom stereocenters. The van der Waals surface area contributed by atoms with Gasteiger partial charge in [0.15, 0.2) is 11.5 Å². The number of anilines is 2. The van der Waals surface area contributed by atoms with Gasteiger partial charge in [0.1, 0.15) is 24.7 Å². The van der Waals surface area contributed by atoms with Gasteiger partial charge < -0.3 is 24.5 Å². The summed E-state index contributed by atoms with van der Waals surface area (Å²) in [4.78, 5) is 16.4. The Hall–Kier alpha value is -3.48. The van der Waals surface area contributed by atoms with Crippen LogP contribution < -0.4 is 20.1 Å². The number of carbonyl (C=O) groups excluding carboxylic acids is 1. The smallest absolute Gasteiger partial charge is 0.270 e. The number of rotatable bonds is 5. The van der Waals surface area contributed by atoms with Crippen molar-refractivity contribution in [1.29, 1.82) is 0 Å². The maximum absolute atomic E-state index is 12.3. The molecular weight excluding hydrogens is 334 g/mol. The number of carbonyl (C=O) groups is 1. The molecule has 0 saturated heterocycles. The minimum Gasteiger partial charge on any atom is -0.486 e. The molecule has 4 rings (SSSR count). The van der Waals surface area contributed by atoms with Gasteiger partial charge in [-0.2, -0.15) is 0 Å². The van der Waals surface area contributed by atoms with E-state index >= 15 is 0 Å². The number of amides is 1. The van der Waals surface area contributed by atoms with Gasteiger partial charge in [0, 0.05) is 23.6 Å². The monoisotopic (exact) mass is 351 g/mol. The fourth-order valence-electron chi connectivity index (χ4n) is 2.59. The van der Waals surface area contributed by atoms with Crippen molar-refractivity contribution >= 4 is 17.3 Å². The number of nitrogens with one attached hydrogen (secondary N) is 2. The molecule has 2 aromatic heterocycles. The van der Waals surface area contributed by atoms with E-state index in [1.165, 1.54) is 0 Å². The summed E-state index contributed by atoms with van der Waals surface area (Å²) in [5, 5.41) is 6.02. The van der Waals surface area contributed by atoms with Crippen LogP contribution in [0.3, 0.4) is 0 Å². The highest BCUT2D eigenvalue weighted by Gasteiger charge is 2.12. The molecule has 3 aromatic rings. The summed E-state index contributed by atoms with van der Waals surface area (Å²) in [7, 11) is 0. The number of nitrogens with zero attached hydrogens (tertiary/aromatic N) is 1. The zero-order valence-corrected chi connectivity index (χ0v) is 13.9. The standard InChI is InChI=1S/C19H17N3O4/c23-19(21-12-15-2-1-7-24-15)16-10-14(5-6-20-16)22-13-3-4-17-18(11-13)26-9-8-25-17/h1-7,10-11H,8-9,12H2,(H,20,22)(H,21,23). The molecule has 0 fully saturated rings. The lowest BCUT2D eigenvalue weighted by Crippen LogP contribution is -2.23. The quantitative estimate of drug-likeness (QED) is 0.735. The number of hydrogen-bond acceptors (Lipinski definition) is 6. The Morgan fingerprint density at radius 1 is 1.04 bits per heavy atom. The molecular formula is C19H17N3O4. The summed E-state index contributed by atoms with van der Waals surface area (Å²) < 4.78 is 16.3. The zero-order valence-electron chi connectivity index (χ0n) is 13.9. The first-order chi connectivity index (χ1) is 12.8. The average molecular weight is 351 g/mol. The van der Waals surface area contributed by atoms with Gasteiger partial charge in [-0.3, -0.25) is 9.78 Å². The minimum atomic E-state index is -0.271. The van der Waals surface area contributed by atoms with Gasteiger partial charge in [-0.15, -0.1) is 0 Å². The van der Waals surface area contributed by atoms with Crippen LogP contribution in [0.1, 0.15) is 16.2 Å². The lowest BCUT2D eigenvalue weighted by atomic mass is 10.2. The summed E-state index contributed by atoms with van der Waals surface area (Å²) in [6, 6.07) is 12.7. The summed E-state index contributed by atoms with van der Waals surface area (Å²) in [6.07, 6.45) is 3.15. The average Bonchev–Trinajstić information content (AvgIpc) is 3.20. The summed E-state index contributed by atoms with van der Waals surface area (Å²) in [5.74, 6) is 1.84. The van der Waals surface area contributed by atoms with Gasteiger partial charge in [-0.05, 0) is 36.4 Å². The second-order valence-corrected chi connectivity index (χ2v) is 5.68.